The van der Waals surface area contributed by atoms with E-state index in [-0.39, 0.29) is 12.0 Å². The summed E-state index contributed by atoms with van der Waals surface area (Å²) in [6, 6.07) is 0. The first-order chi connectivity index (χ1) is 4.61. The van der Waals surface area contributed by atoms with Crippen molar-refractivity contribution in [2.75, 3.05) is 0 Å². The van der Waals surface area contributed by atoms with Crippen LogP contribution in [-0.4, -0.2) is 17.6 Å². The molecule has 0 aromatic rings. The molecule has 1 N–H and O–H groups in total. The Morgan fingerprint density at radius 2 is 2.10 bits per heavy atom. The Hall–Kier alpha value is -0.440. The maximum absolute atomic E-state index is 12.0. The van der Waals surface area contributed by atoms with Crippen LogP contribution in [0.4, 0.5) is 8.78 Å². The highest BCUT2D eigenvalue weighted by molar-refractivity contribution is 5.21. The van der Waals surface area contributed by atoms with E-state index in [9.17, 15) is 8.78 Å². The maximum Gasteiger partial charge on any atom is 0.260 e. The van der Waals surface area contributed by atoms with Crippen LogP contribution in [0.25, 0.3) is 0 Å². The molecule has 3 heteroatoms. The van der Waals surface area contributed by atoms with E-state index in [0.717, 1.165) is 0 Å². The van der Waals surface area contributed by atoms with Crippen molar-refractivity contribution in [2.45, 2.75) is 32.3 Å². The van der Waals surface area contributed by atoms with Gasteiger partial charge in [0.1, 0.15) is 0 Å². The SMILES string of the molecule is CC1=C(C(F)F)CC(O)C1. The fourth-order valence-electron chi connectivity index (χ4n) is 1.26. The van der Waals surface area contributed by atoms with E-state index >= 15 is 0 Å². The number of aliphatic hydroxyl groups excluding tert-OH is 1. The Morgan fingerprint density at radius 3 is 2.30 bits per heavy atom. The fraction of sp³-hybridized carbons (Fsp3) is 0.714. The fourth-order valence-corrected chi connectivity index (χ4v) is 1.26. The zero-order valence-electron chi connectivity index (χ0n) is 5.77. The molecule has 1 rings (SSSR count). The van der Waals surface area contributed by atoms with Crippen LogP contribution in [0.2, 0.25) is 0 Å². The summed E-state index contributed by atoms with van der Waals surface area (Å²) >= 11 is 0. The van der Waals surface area contributed by atoms with Crippen LogP contribution < -0.4 is 0 Å². The van der Waals surface area contributed by atoms with Gasteiger partial charge in [-0.1, -0.05) is 5.57 Å². The van der Waals surface area contributed by atoms with Crippen molar-refractivity contribution in [3.8, 4) is 0 Å². The van der Waals surface area contributed by atoms with Crippen LogP contribution >= 0.6 is 0 Å². The molecule has 0 saturated carbocycles. The molecule has 0 radical (unpaired) electrons. The molecule has 10 heavy (non-hydrogen) atoms. The van der Waals surface area contributed by atoms with Gasteiger partial charge in [-0.3, -0.25) is 0 Å². The normalized spacial score (nSPS) is 26.7. The molecule has 0 bridgehead atoms. The summed E-state index contributed by atoms with van der Waals surface area (Å²) in [6.07, 6.45) is -2.37. The van der Waals surface area contributed by atoms with Crippen LogP contribution in [0.3, 0.4) is 0 Å². The average Bonchev–Trinajstić information content (AvgIpc) is 2.10. The molecule has 0 heterocycles. The number of hydrogen-bond donors (Lipinski definition) is 1. The van der Waals surface area contributed by atoms with Gasteiger partial charge in [-0.05, 0) is 18.9 Å². The monoisotopic (exact) mass is 148 g/mol. The van der Waals surface area contributed by atoms with E-state index in [1.54, 1.807) is 6.92 Å². The van der Waals surface area contributed by atoms with Crippen LogP contribution in [0.15, 0.2) is 11.1 Å². The van der Waals surface area contributed by atoms with Gasteiger partial charge in [0.05, 0.1) is 6.10 Å². The van der Waals surface area contributed by atoms with Crippen LogP contribution in [-0.2, 0) is 0 Å². The molecule has 0 saturated heterocycles. The summed E-state index contributed by atoms with van der Waals surface area (Å²) in [6.45, 7) is 1.65. The predicted octanol–water partition coefficient (Wildman–Crippen LogP) is 1.72. The first-order valence-corrected chi connectivity index (χ1v) is 3.26. The Kier molecular flexibility index (Phi) is 2.04. The highest BCUT2D eigenvalue weighted by atomic mass is 19.3. The van der Waals surface area contributed by atoms with E-state index in [4.69, 9.17) is 5.11 Å². The lowest BCUT2D eigenvalue weighted by Crippen LogP contribution is -2.02. The van der Waals surface area contributed by atoms with Crippen molar-refractivity contribution in [3.63, 3.8) is 0 Å². The molecule has 0 amide bonds. The second-order valence-electron chi connectivity index (χ2n) is 2.67. The number of halogens is 2. The van der Waals surface area contributed by atoms with Gasteiger partial charge in [-0.15, -0.1) is 0 Å². The highest BCUT2D eigenvalue weighted by Crippen LogP contribution is 2.30. The standard InChI is InChI=1S/C7H10F2O/c1-4-2-5(10)3-6(4)7(8)9/h5,7,10H,2-3H2,1H3. The van der Waals surface area contributed by atoms with Gasteiger partial charge in [-0.25, -0.2) is 8.78 Å². The minimum Gasteiger partial charge on any atom is -0.392 e. The van der Waals surface area contributed by atoms with Crippen molar-refractivity contribution >= 4 is 0 Å². The number of aliphatic hydroxyl groups is 1. The van der Waals surface area contributed by atoms with E-state index < -0.39 is 12.5 Å². The Balaban J connectivity index is 2.66. The van der Waals surface area contributed by atoms with Crippen LogP contribution in [0, 0.1) is 0 Å². The third-order valence-corrected chi connectivity index (χ3v) is 1.81. The molecule has 1 unspecified atom stereocenters. The zero-order valence-corrected chi connectivity index (χ0v) is 5.77. The van der Waals surface area contributed by atoms with E-state index in [1.165, 1.54) is 0 Å². The molecule has 1 aliphatic carbocycles. The predicted molar refractivity (Wildman–Crippen MR) is 33.9 cm³/mol. The Labute approximate surface area is 58.4 Å². The summed E-state index contributed by atoms with van der Waals surface area (Å²) < 4.78 is 24.0. The summed E-state index contributed by atoms with van der Waals surface area (Å²) in [7, 11) is 0. The molecule has 0 spiro atoms. The van der Waals surface area contributed by atoms with Gasteiger partial charge in [0, 0.05) is 6.42 Å². The van der Waals surface area contributed by atoms with Gasteiger partial charge in [0.2, 0.25) is 0 Å². The lowest BCUT2D eigenvalue weighted by atomic mass is 10.2. The Morgan fingerprint density at radius 1 is 1.50 bits per heavy atom. The Bertz CT molecular complexity index is 163. The number of rotatable bonds is 1. The second kappa shape index (κ2) is 2.66. The van der Waals surface area contributed by atoms with Gasteiger partial charge >= 0.3 is 0 Å². The quantitative estimate of drug-likeness (QED) is 0.561. The molecule has 0 aromatic heterocycles. The zero-order chi connectivity index (χ0) is 7.72. The van der Waals surface area contributed by atoms with Crippen molar-refractivity contribution in [2.24, 2.45) is 0 Å². The third-order valence-electron chi connectivity index (χ3n) is 1.81. The lowest BCUT2D eigenvalue weighted by Gasteiger charge is -2.00. The van der Waals surface area contributed by atoms with E-state index in [0.29, 0.717) is 12.0 Å². The van der Waals surface area contributed by atoms with E-state index in [2.05, 4.69) is 0 Å². The molecule has 0 aliphatic heterocycles. The number of hydrogen-bond acceptors (Lipinski definition) is 1. The highest BCUT2D eigenvalue weighted by Gasteiger charge is 2.24. The molecule has 58 valence electrons. The van der Waals surface area contributed by atoms with Gasteiger partial charge in [0.25, 0.3) is 6.43 Å². The summed E-state index contributed by atoms with van der Waals surface area (Å²) in [5, 5.41) is 8.94. The van der Waals surface area contributed by atoms with Crippen LogP contribution in [0.5, 0.6) is 0 Å². The minimum atomic E-state index is -2.38. The molecule has 1 nitrogen and oxygen atoms in total. The molecule has 0 fully saturated rings. The minimum absolute atomic E-state index is 0.132. The van der Waals surface area contributed by atoms with Crippen molar-refractivity contribution in [1.29, 1.82) is 0 Å². The molecule has 1 atom stereocenters. The topological polar surface area (TPSA) is 20.2 Å². The molecular weight excluding hydrogens is 138 g/mol. The third kappa shape index (κ3) is 1.34. The smallest absolute Gasteiger partial charge is 0.260 e. The van der Waals surface area contributed by atoms with Gasteiger partial charge < -0.3 is 5.11 Å². The lowest BCUT2D eigenvalue weighted by molar-refractivity contribution is 0.157. The first-order valence-electron chi connectivity index (χ1n) is 3.26. The largest absolute Gasteiger partial charge is 0.392 e. The summed E-state index contributed by atoms with van der Waals surface area (Å²) in [5.74, 6) is 0. The first kappa shape index (κ1) is 7.66. The van der Waals surface area contributed by atoms with Crippen molar-refractivity contribution in [3.05, 3.63) is 11.1 Å². The maximum atomic E-state index is 12.0. The van der Waals surface area contributed by atoms with Gasteiger partial charge in [0.15, 0.2) is 0 Å². The van der Waals surface area contributed by atoms with Crippen molar-refractivity contribution < 1.29 is 13.9 Å². The molecule has 0 aromatic carbocycles. The summed E-state index contributed by atoms with van der Waals surface area (Å²) in [5.41, 5.74) is 0.787. The second-order valence-corrected chi connectivity index (χ2v) is 2.67. The summed E-state index contributed by atoms with van der Waals surface area (Å²) in [4.78, 5) is 0. The van der Waals surface area contributed by atoms with Crippen LogP contribution in [0.1, 0.15) is 19.8 Å². The average molecular weight is 148 g/mol. The molecule has 1 aliphatic rings. The van der Waals surface area contributed by atoms with Crippen molar-refractivity contribution in [1.82, 2.24) is 0 Å². The van der Waals surface area contributed by atoms with Gasteiger partial charge in [-0.2, -0.15) is 0 Å². The molecular formula is C7H10F2O. The van der Waals surface area contributed by atoms with E-state index in [1.807, 2.05) is 0 Å². The number of alkyl halides is 2.